The van der Waals surface area contributed by atoms with E-state index in [1.807, 2.05) is 25.1 Å². The first kappa shape index (κ1) is 23.4. The normalized spacial score (nSPS) is 12.0. The van der Waals surface area contributed by atoms with Crippen LogP contribution in [0, 0.1) is 6.92 Å². The second kappa shape index (κ2) is 8.68. The van der Waals surface area contributed by atoms with Crippen molar-refractivity contribution >= 4 is 11.6 Å². The highest BCUT2D eigenvalue weighted by molar-refractivity contribution is 6.05. The topological polar surface area (TPSA) is 56.1 Å². The number of aromatic nitrogens is 2. The van der Waals surface area contributed by atoms with Crippen molar-refractivity contribution < 1.29 is 22.7 Å². The minimum atomic E-state index is -4.74. The Hall–Kier alpha value is -3.29. The van der Waals surface area contributed by atoms with Crippen LogP contribution in [0.15, 0.2) is 48.7 Å². The average molecular weight is 445 g/mol. The molecular weight excluding hydrogens is 419 g/mol. The van der Waals surface area contributed by atoms with E-state index < -0.39 is 23.3 Å². The molecule has 0 unspecified atom stereocenters. The summed E-state index contributed by atoms with van der Waals surface area (Å²) in [4.78, 5) is 12.7. The fourth-order valence-corrected chi connectivity index (χ4v) is 3.29. The van der Waals surface area contributed by atoms with Gasteiger partial charge in [0.15, 0.2) is 11.4 Å². The molecule has 0 bridgehead atoms. The van der Waals surface area contributed by atoms with Crippen molar-refractivity contribution in [2.24, 2.45) is 7.05 Å². The highest BCUT2D eigenvalue weighted by Gasteiger charge is 2.39. The van der Waals surface area contributed by atoms with Crippen LogP contribution in [0.5, 0.6) is 11.5 Å². The number of halogens is 3. The van der Waals surface area contributed by atoms with Crippen LogP contribution in [0.3, 0.4) is 0 Å². The number of nitrogens with one attached hydrogen (secondary N) is 1. The fraction of sp³-hybridized carbons (Fsp3) is 0.333. The molecular formula is C24H26F3N3O2. The molecule has 0 saturated carbocycles. The molecule has 0 spiro atoms. The Morgan fingerprint density at radius 3 is 2.47 bits per heavy atom. The van der Waals surface area contributed by atoms with Crippen molar-refractivity contribution in [3.05, 3.63) is 71.0 Å². The SMILES string of the molecule is CCC(C)(C)c1ccc(C)cc1Oc1ccccc1NC(=O)c1cn(C)nc1C(F)(F)F. The quantitative estimate of drug-likeness (QED) is 0.472. The number of hydrogen-bond acceptors (Lipinski definition) is 3. The van der Waals surface area contributed by atoms with Gasteiger partial charge >= 0.3 is 6.18 Å². The number of amides is 1. The zero-order chi connectivity index (χ0) is 23.7. The van der Waals surface area contributed by atoms with Crippen molar-refractivity contribution in [2.75, 3.05) is 5.32 Å². The lowest BCUT2D eigenvalue weighted by Crippen LogP contribution is -2.18. The molecule has 170 valence electrons. The van der Waals surface area contributed by atoms with E-state index in [4.69, 9.17) is 4.74 Å². The second-order valence-electron chi connectivity index (χ2n) is 8.35. The Balaban J connectivity index is 1.96. The Kier molecular flexibility index (Phi) is 6.34. The van der Waals surface area contributed by atoms with Gasteiger partial charge in [-0.1, -0.05) is 45.0 Å². The Labute approximate surface area is 185 Å². The number of alkyl halides is 3. The van der Waals surface area contributed by atoms with E-state index >= 15 is 0 Å². The molecule has 3 rings (SSSR count). The van der Waals surface area contributed by atoms with Crippen LogP contribution in [0.4, 0.5) is 18.9 Å². The highest BCUT2D eigenvalue weighted by Crippen LogP contribution is 2.39. The molecule has 0 radical (unpaired) electrons. The third-order valence-electron chi connectivity index (χ3n) is 5.45. The molecule has 0 saturated heterocycles. The van der Waals surface area contributed by atoms with Gasteiger partial charge in [0.05, 0.1) is 11.3 Å². The van der Waals surface area contributed by atoms with Crippen molar-refractivity contribution in [1.29, 1.82) is 0 Å². The smallest absolute Gasteiger partial charge is 0.435 e. The number of benzene rings is 2. The van der Waals surface area contributed by atoms with E-state index in [0.717, 1.165) is 28.4 Å². The molecule has 1 amide bonds. The van der Waals surface area contributed by atoms with Gasteiger partial charge in [-0.25, -0.2) is 0 Å². The zero-order valence-electron chi connectivity index (χ0n) is 18.7. The standard InChI is InChI=1S/C24H26F3N3O2/c1-6-23(3,4)17-12-11-15(2)13-20(17)32-19-10-8-7-9-18(19)28-22(31)16-14-30(5)29-21(16)24(25,26)27/h7-14H,6H2,1-5H3,(H,28,31). The molecule has 5 nitrogen and oxygen atoms in total. The van der Waals surface area contributed by atoms with Crippen LogP contribution in [-0.4, -0.2) is 15.7 Å². The van der Waals surface area contributed by atoms with Gasteiger partial charge in [-0.05, 0) is 42.5 Å². The lowest BCUT2D eigenvalue weighted by Gasteiger charge is -2.26. The van der Waals surface area contributed by atoms with E-state index in [2.05, 4.69) is 31.2 Å². The Morgan fingerprint density at radius 1 is 1.12 bits per heavy atom. The van der Waals surface area contributed by atoms with Crippen LogP contribution in [-0.2, 0) is 18.6 Å². The Bertz CT molecular complexity index is 1130. The summed E-state index contributed by atoms with van der Waals surface area (Å²) in [7, 11) is 1.33. The lowest BCUT2D eigenvalue weighted by atomic mass is 9.81. The van der Waals surface area contributed by atoms with Gasteiger partial charge in [-0.3, -0.25) is 9.48 Å². The summed E-state index contributed by atoms with van der Waals surface area (Å²) >= 11 is 0. The summed E-state index contributed by atoms with van der Waals surface area (Å²) < 4.78 is 47.0. The first-order valence-corrected chi connectivity index (χ1v) is 10.2. The summed E-state index contributed by atoms with van der Waals surface area (Å²) in [6.45, 7) is 8.26. The summed E-state index contributed by atoms with van der Waals surface area (Å²) in [6, 6.07) is 12.6. The van der Waals surface area contributed by atoms with Gasteiger partial charge in [-0.15, -0.1) is 0 Å². The van der Waals surface area contributed by atoms with E-state index in [9.17, 15) is 18.0 Å². The van der Waals surface area contributed by atoms with Crippen LogP contribution in [0.1, 0.15) is 54.4 Å². The minimum absolute atomic E-state index is 0.154. The third kappa shape index (κ3) is 4.95. The average Bonchev–Trinajstić information content (AvgIpc) is 3.12. The molecule has 8 heteroatoms. The van der Waals surface area contributed by atoms with Gasteiger partial charge < -0.3 is 10.1 Å². The fourth-order valence-electron chi connectivity index (χ4n) is 3.29. The maximum Gasteiger partial charge on any atom is 0.435 e. The largest absolute Gasteiger partial charge is 0.455 e. The van der Waals surface area contributed by atoms with Crippen molar-refractivity contribution in [3.63, 3.8) is 0 Å². The molecule has 1 N–H and O–H groups in total. The summed E-state index contributed by atoms with van der Waals surface area (Å²) in [5.74, 6) is 0.0489. The molecule has 1 aromatic heterocycles. The number of para-hydroxylation sites is 2. The zero-order valence-corrected chi connectivity index (χ0v) is 18.7. The van der Waals surface area contributed by atoms with Crippen molar-refractivity contribution in [2.45, 2.75) is 45.7 Å². The monoisotopic (exact) mass is 445 g/mol. The highest BCUT2D eigenvalue weighted by atomic mass is 19.4. The third-order valence-corrected chi connectivity index (χ3v) is 5.45. The molecule has 2 aromatic carbocycles. The van der Waals surface area contributed by atoms with Crippen molar-refractivity contribution in [3.8, 4) is 11.5 Å². The van der Waals surface area contributed by atoms with Crippen LogP contribution < -0.4 is 10.1 Å². The molecule has 0 atom stereocenters. The number of hydrogen-bond donors (Lipinski definition) is 1. The second-order valence-corrected chi connectivity index (χ2v) is 8.35. The lowest BCUT2D eigenvalue weighted by molar-refractivity contribution is -0.141. The van der Waals surface area contributed by atoms with Crippen LogP contribution in [0.25, 0.3) is 0 Å². The number of carbonyl (C=O) groups excluding carboxylic acids is 1. The van der Waals surface area contributed by atoms with E-state index in [-0.39, 0.29) is 11.1 Å². The van der Waals surface area contributed by atoms with Crippen molar-refractivity contribution in [1.82, 2.24) is 9.78 Å². The number of nitrogens with zero attached hydrogens (tertiary/aromatic N) is 2. The molecule has 0 fully saturated rings. The Morgan fingerprint density at radius 2 is 1.81 bits per heavy atom. The number of rotatable bonds is 6. The maximum atomic E-state index is 13.3. The first-order valence-electron chi connectivity index (χ1n) is 10.2. The van der Waals surface area contributed by atoms with Gasteiger partial charge in [0.2, 0.25) is 0 Å². The molecule has 1 heterocycles. The minimum Gasteiger partial charge on any atom is -0.455 e. The van der Waals surface area contributed by atoms with Gasteiger partial charge in [0, 0.05) is 18.8 Å². The summed E-state index contributed by atoms with van der Waals surface area (Å²) in [6.07, 6.45) is -2.82. The van der Waals surface area contributed by atoms with Gasteiger partial charge in [0.1, 0.15) is 5.75 Å². The molecule has 0 aliphatic carbocycles. The molecule has 3 aromatic rings. The number of anilines is 1. The van der Waals surface area contributed by atoms with E-state index in [1.165, 1.54) is 7.05 Å². The summed E-state index contributed by atoms with van der Waals surface area (Å²) in [5, 5.41) is 5.93. The van der Waals surface area contributed by atoms with E-state index in [0.29, 0.717) is 11.5 Å². The van der Waals surface area contributed by atoms with Gasteiger partial charge in [-0.2, -0.15) is 18.3 Å². The molecule has 0 aliphatic heterocycles. The number of carbonyl (C=O) groups is 1. The molecule has 32 heavy (non-hydrogen) atoms. The van der Waals surface area contributed by atoms with Crippen LogP contribution in [0.2, 0.25) is 0 Å². The maximum absolute atomic E-state index is 13.3. The van der Waals surface area contributed by atoms with Crippen LogP contribution >= 0.6 is 0 Å². The summed E-state index contributed by atoms with van der Waals surface area (Å²) in [5.41, 5.74) is 0.315. The first-order chi connectivity index (χ1) is 14.9. The predicted octanol–water partition coefficient (Wildman–Crippen LogP) is 6.48. The van der Waals surface area contributed by atoms with E-state index in [1.54, 1.807) is 24.3 Å². The molecule has 0 aliphatic rings. The number of aryl methyl sites for hydroxylation is 2. The predicted molar refractivity (Wildman–Crippen MR) is 117 cm³/mol. The van der Waals surface area contributed by atoms with Gasteiger partial charge in [0.25, 0.3) is 5.91 Å². The number of ether oxygens (including phenoxy) is 1.